The van der Waals surface area contributed by atoms with E-state index in [1.54, 1.807) is 0 Å². The Kier molecular flexibility index (Phi) is 6.52. The number of aliphatic hydroxyl groups excluding tert-OH is 1. The Morgan fingerprint density at radius 3 is 2.53 bits per heavy atom. The normalized spacial score (nSPS) is 13.9. The number of carbonyl (C=O) groups is 1. The second-order valence-electron chi connectivity index (χ2n) is 4.87. The highest BCUT2D eigenvalue weighted by atomic mass is 16.4. The Morgan fingerprint density at radius 1 is 1.47 bits per heavy atom. The molecule has 0 aromatic heterocycles. The molecular formula is C11H23NO3. The van der Waals surface area contributed by atoms with Crippen LogP contribution in [0.5, 0.6) is 0 Å². The van der Waals surface area contributed by atoms with E-state index in [4.69, 9.17) is 10.2 Å². The van der Waals surface area contributed by atoms with E-state index >= 15 is 0 Å². The maximum atomic E-state index is 10.4. The molecular weight excluding hydrogens is 194 g/mol. The first kappa shape index (κ1) is 14.4. The second kappa shape index (κ2) is 6.80. The number of rotatable bonds is 8. The van der Waals surface area contributed by atoms with E-state index < -0.39 is 5.97 Å². The molecule has 3 N–H and O–H groups in total. The molecule has 0 aliphatic rings. The van der Waals surface area contributed by atoms with Gasteiger partial charge in [0.1, 0.15) is 0 Å². The Morgan fingerprint density at radius 2 is 2.07 bits per heavy atom. The van der Waals surface area contributed by atoms with E-state index in [1.165, 1.54) is 0 Å². The first-order valence-electron chi connectivity index (χ1n) is 5.43. The average molecular weight is 217 g/mol. The molecule has 1 atom stereocenters. The van der Waals surface area contributed by atoms with Crippen LogP contribution in [0.15, 0.2) is 0 Å². The van der Waals surface area contributed by atoms with Gasteiger partial charge in [-0.2, -0.15) is 0 Å². The summed E-state index contributed by atoms with van der Waals surface area (Å²) < 4.78 is 0. The summed E-state index contributed by atoms with van der Waals surface area (Å²) in [5.41, 5.74) is 0.107. The zero-order valence-corrected chi connectivity index (χ0v) is 9.92. The molecule has 0 spiro atoms. The minimum Gasteiger partial charge on any atom is -0.481 e. The molecule has 0 aliphatic heterocycles. The topological polar surface area (TPSA) is 69.6 Å². The van der Waals surface area contributed by atoms with Gasteiger partial charge in [0, 0.05) is 19.2 Å². The predicted octanol–water partition coefficient (Wildman–Crippen LogP) is 1.24. The van der Waals surface area contributed by atoms with Crippen molar-refractivity contribution < 1.29 is 15.0 Å². The zero-order chi connectivity index (χ0) is 11.9. The molecule has 0 aliphatic carbocycles. The lowest BCUT2D eigenvalue weighted by molar-refractivity contribution is -0.137. The number of hydrogen-bond donors (Lipinski definition) is 3. The van der Waals surface area contributed by atoms with Crippen molar-refractivity contribution in [2.45, 2.75) is 46.1 Å². The standard InChI is InChI=1S/C11H23NO3/c1-9(7-10(14)15)12-8-11(2,3)5-4-6-13/h9,12-13H,4-8H2,1-3H3,(H,14,15). The zero-order valence-electron chi connectivity index (χ0n) is 9.92. The molecule has 0 amide bonds. The summed E-state index contributed by atoms with van der Waals surface area (Å²) in [4.78, 5) is 10.4. The third kappa shape index (κ3) is 8.39. The van der Waals surface area contributed by atoms with Gasteiger partial charge < -0.3 is 15.5 Å². The molecule has 0 saturated carbocycles. The van der Waals surface area contributed by atoms with E-state index in [1.807, 2.05) is 6.92 Å². The first-order valence-corrected chi connectivity index (χ1v) is 5.43. The lowest BCUT2D eigenvalue weighted by Crippen LogP contribution is -2.36. The number of aliphatic carboxylic acids is 1. The van der Waals surface area contributed by atoms with E-state index in [9.17, 15) is 4.79 Å². The van der Waals surface area contributed by atoms with Gasteiger partial charge in [-0.05, 0) is 25.2 Å². The summed E-state index contributed by atoms with van der Waals surface area (Å²) >= 11 is 0. The summed E-state index contributed by atoms with van der Waals surface area (Å²) in [6.45, 7) is 7.10. The van der Waals surface area contributed by atoms with Crippen molar-refractivity contribution in [2.75, 3.05) is 13.2 Å². The molecule has 0 radical (unpaired) electrons. The molecule has 0 aromatic carbocycles. The summed E-state index contributed by atoms with van der Waals surface area (Å²) in [5.74, 6) is -0.775. The first-order chi connectivity index (χ1) is 6.87. The second-order valence-corrected chi connectivity index (χ2v) is 4.87. The van der Waals surface area contributed by atoms with Crippen LogP contribution in [0.3, 0.4) is 0 Å². The van der Waals surface area contributed by atoms with Gasteiger partial charge in [0.15, 0.2) is 0 Å². The SMILES string of the molecule is CC(CC(=O)O)NCC(C)(C)CCCO. The Labute approximate surface area is 91.7 Å². The number of carboxylic acids is 1. The molecule has 4 heteroatoms. The van der Waals surface area contributed by atoms with E-state index in [0.29, 0.717) is 0 Å². The van der Waals surface area contributed by atoms with Gasteiger partial charge in [0.05, 0.1) is 6.42 Å². The highest BCUT2D eigenvalue weighted by Crippen LogP contribution is 2.20. The van der Waals surface area contributed by atoms with E-state index in [-0.39, 0.29) is 24.5 Å². The molecule has 4 nitrogen and oxygen atoms in total. The molecule has 15 heavy (non-hydrogen) atoms. The van der Waals surface area contributed by atoms with E-state index in [2.05, 4.69) is 19.2 Å². The van der Waals surface area contributed by atoms with Crippen LogP contribution in [-0.4, -0.2) is 35.4 Å². The quantitative estimate of drug-likeness (QED) is 0.572. The van der Waals surface area contributed by atoms with Crippen molar-refractivity contribution in [1.29, 1.82) is 0 Å². The van der Waals surface area contributed by atoms with Crippen LogP contribution in [0, 0.1) is 5.41 Å². The van der Waals surface area contributed by atoms with Crippen molar-refractivity contribution in [1.82, 2.24) is 5.32 Å². The molecule has 1 unspecified atom stereocenters. The largest absolute Gasteiger partial charge is 0.481 e. The van der Waals surface area contributed by atoms with Crippen molar-refractivity contribution in [3.8, 4) is 0 Å². The molecule has 90 valence electrons. The van der Waals surface area contributed by atoms with E-state index in [0.717, 1.165) is 19.4 Å². The van der Waals surface area contributed by atoms with Crippen LogP contribution >= 0.6 is 0 Å². The Hall–Kier alpha value is -0.610. The minimum atomic E-state index is -0.775. The maximum absolute atomic E-state index is 10.4. The van der Waals surface area contributed by atoms with Gasteiger partial charge in [0.25, 0.3) is 0 Å². The molecule has 0 aromatic rings. The number of carboxylic acid groups (broad SMARTS) is 1. The van der Waals surface area contributed by atoms with Gasteiger partial charge in [0.2, 0.25) is 0 Å². The summed E-state index contributed by atoms with van der Waals surface area (Å²) in [6.07, 6.45) is 1.88. The third-order valence-corrected chi connectivity index (χ3v) is 2.42. The van der Waals surface area contributed by atoms with Gasteiger partial charge in [-0.3, -0.25) is 4.79 Å². The Balaban J connectivity index is 3.76. The highest BCUT2D eigenvalue weighted by molar-refractivity contribution is 5.67. The highest BCUT2D eigenvalue weighted by Gasteiger charge is 2.18. The number of hydrogen-bond acceptors (Lipinski definition) is 3. The summed E-state index contributed by atoms with van der Waals surface area (Å²) in [5, 5.41) is 20.5. The average Bonchev–Trinajstić information content (AvgIpc) is 2.11. The van der Waals surface area contributed by atoms with Gasteiger partial charge in [-0.25, -0.2) is 0 Å². The summed E-state index contributed by atoms with van der Waals surface area (Å²) in [7, 11) is 0. The van der Waals surface area contributed by atoms with Crippen molar-refractivity contribution in [3.63, 3.8) is 0 Å². The van der Waals surface area contributed by atoms with Gasteiger partial charge in [-0.15, -0.1) is 0 Å². The van der Waals surface area contributed by atoms with Crippen LogP contribution < -0.4 is 5.32 Å². The third-order valence-electron chi connectivity index (χ3n) is 2.42. The maximum Gasteiger partial charge on any atom is 0.304 e. The number of nitrogens with one attached hydrogen (secondary N) is 1. The smallest absolute Gasteiger partial charge is 0.304 e. The molecule has 0 heterocycles. The van der Waals surface area contributed by atoms with Crippen LogP contribution in [-0.2, 0) is 4.79 Å². The molecule has 0 fully saturated rings. The van der Waals surface area contributed by atoms with Crippen LogP contribution in [0.25, 0.3) is 0 Å². The molecule has 0 bridgehead atoms. The fourth-order valence-corrected chi connectivity index (χ4v) is 1.43. The lowest BCUT2D eigenvalue weighted by atomic mass is 9.87. The summed E-state index contributed by atoms with van der Waals surface area (Å²) in [6, 6.07) is -0.00379. The fourth-order valence-electron chi connectivity index (χ4n) is 1.43. The van der Waals surface area contributed by atoms with Gasteiger partial charge in [-0.1, -0.05) is 13.8 Å². The molecule has 0 rings (SSSR count). The van der Waals surface area contributed by atoms with Crippen LogP contribution in [0.1, 0.15) is 40.0 Å². The van der Waals surface area contributed by atoms with Crippen molar-refractivity contribution in [2.24, 2.45) is 5.41 Å². The van der Waals surface area contributed by atoms with Crippen molar-refractivity contribution >= 4 is 5.97 Å². The van der Waals surface area contributed by atoms with Gasteiger partial charge >= 0.3 is 5.97 Å². The predicted molar refractivity (Wildman–Crippen MR) is 59.8 cm³/mol. The monoisotopic (exact) mass is 217 g/mol. The lowest BCUT2D eigenvalue weighted by Gasteiger charge is -2.26. The van der Waals surface area contributed by atoms with Crippen LogP contribution in [0.4, 0.5) is 0 Å². The minimum absolute atomic E-state index is 0.00379. The Bertz CT molecular complexity index is 192. The van der Waals surface area contributed by atoms with Crippen LogP contribution in [0.2, 0.25) is 0 Å². The number of aliphatic hydroxyl groups is 1. The molecule has 0 saturated heterocycles. The van der Waals surface area contributed by atoms with Crippen molar-refractivity contribution in [3.05, 3.63) is 0 Å². The fraction of sp³-hybridized carbons (Fsp3) is 0.909.